The molecule has 0 aromatic heterocycles. The first kappa shape index (κ1) is 25.4. The molecule has 7 heteroatoms. The van der Waals surface area contributed by atoms with Crippen molar-refractivity contribution in [2.24, 2.45) is 34.5 Å². The third-order valence-electron chi connectivity index (χ3n) is 11.2. The number of hydrogen-bond acceptors (Lipinski definition) is 5. The fourth-order valence-corrected chi connectivity index (χ4v) is 14.3. The van der Waals surface area contributed by atoms with E-state index >= 15 is 0 Å². The zero-order valence-electron chi connectivity index (χ0n) is 22.9. The van der Waals surface area contributed by atoms with Crippen LogP contribution in [0.15, 0.2) is 0 Å². The van der Waals surface area contributed by atoms with E-state index in [2.05, 4.69) is 33.9 Å². The molecule has 5 nitrogen and oxygen atoms in total. The highest BCUT2D eigenvalue weighted by molar-refractivity contribution is 6.66. The Labute approximate surface area is 209 Å². The summed E-state index contributed by atoms with van der Waals surface area (Å²) in [5.74, 6) is 2.93. The van der Waals surface area contributed by atoms with Crippen molar-refractivity contribution in [3.8, 4) is 0 Å². The molecule has 4 aliphatic carbocycles. The first-order chi connectivity index (χ1) is 15.7. The topological polar surface area (TPSA) is 54.0 Å². The van der Waals surface area contributed by atoms with Gasteiger partial charge in [-0.2, -0.15) is 0 Å². The van der Waals surface area contributed by atoms with Crippen LogP contribution in [0.3, 0.4) is 0 Å². The van der Waals surface area contributed by atoms with Crippen molar-refractivity contribution in [1.29, 1.82) is 0 Å². The second-order valence-corrected chi connectivity index (χ2v) is 20.3. The number of carbonyl (C=O) groups is 1. The Morgan fingerprint density at radius 3 is 2.35 bits per heavy atom. The van der Waals surface area contributed by atoms with Gasteiger partial charge in [0.25, 0.3) is 5.97 Å². The van der Waals surface area contributed by atoms with E-state index in [1.165, 1.54) is 51.9 Å². The molecule has 0 aromatic rings. The van der Waals surface area contributed by atoms with Gasteiger partial charge in [-0.25, -0.2) is 0 Å². The summed E-state index contributed by atoms with van der Waals surface area (Å²) < 4.78 is 25.5. The number of hydrogen-bond donors (Lipinski definition) is 0. The van der Waals surface area contributed by atoms with Crippen LogP contribution in [-0.2, 0) is 22.5 Å². The zero-order chi connectivity index (χ0) is 24.7. The van der Waals surface area contributed by atoms with Gasteiger partial charge in [0, 0.05) is 18.4 Å². The molecule has 4 unspecified atom stereocenters. The molecular weight excluding hydrogens is 460 g/mol. The van der Waals surface area contributed by atoms with Crippen molar-refractivity contribution < 1.29 is 22.5 Å². The van der Waals surface area contributed by atoms with Crippen LogP contribution in [0.1, 0.15) is 85.5 Å². The molecule has 34 heavy (non-hydrogen) atoms. The molecule has 1 spiro atoms. The van der Waals surface area contributed by atoms with Crippen LogP contribution >= 0.6 is 0 Å². The SMILES string of the molecule is CC(=O)O[Si](C)(C)O[C@@H]1CC[C@@]2(C)C(CCC3C2CC[C@@]2(C)C3CC[C@@]23O[Si](C)(C)O[C@@H]3C)C1. The molecule has 5 aliphatic rings. The van der Waals surface area contributed by atoms with Crippen molar-refractivity contribution in [2.75, 3.05) is 0 Å². The second kappa shape index (κ2) is 8.14. The molecule has 194 valence electrons. The Balaban J connectivity index is 1.32. The summed E-state index contributed by atoms with van der Waals surface area (Å²) in [4.78, 5) is 11.5. The zero-order valence-corrected chi connectivity index (χ0v) is 24.9. The maximum atomic E-state index is 11.5. The monoisotopic (exact) mass is 508 g/mol. The maximum absolute atomic E-state index is 11.5. The van der Waals surface area contributed by atoms with E-state index in [1.54, 1.807) is 0 Å². The van der Waals surface area contributed by atoms with E-state index in [-0.39, 0.29) is 29.2 Å². The van der Waals surface area contributed by atoms with Crippen molar-refractivity contribution in [3.05, 3.63) is 0 Å². The normalized spacial score (nSPS) is 49.9. The van der Waals surface area contributed by atoms with Gasteiger partial charge in [0.2, 0.25) is 0 Å². The number of carbonyl (C=O) groups excluding carboxylic acids is 1. The summed E-state index contributed by atoms with van der Waals surface area (Å²) in [5.41, 5.74) is 0.603. The van der Waals surface area contributed by atoms with E-state index in [1.807, 2.05) is 13.1 Å². The van der Waals surface area contributed by atoms with Crippen molar-refractivity contribution in [1.82, 2.24) is 0 Å². The summed E-state index contributed by atoms with van der Waals surface area (Å²) in [6.45, 7) is 17.5. The summed E-state index contributed by atoms with van der Waals surface area (Å²) in [6, 6.07) is 0. The first-order valence-electron chi connectivity index (χ1n) is 14.0. The quantitative estimate of drug-likeness (QED) is 0.404. The van der Waals surface area contributed by atoms with Crippen molar-refractivity contribution in [3.63, 3.8) is 0 Å². The van der Waals surface area contributed by atoms with Gasteiger partial charge in [-0.1, -0.05) is 13.8 Å². The third kappa shape index (κ3) is 3.82. The van der Waals surface area contributed by atoms with Crippen LogP contribution in [0.5, 0.6) is 0 Å². The minimum atomic E-state index is -2.41. The van der Waals surface area contributed by atoms with Crippen LogP contribution in [0, 0.1) is 34.5 Å². The lowest BCUT2D eigenvalue weighted by Gasteiger charge is -2.62. The van der Waals surface area contributed by atoms with Crippen molar-refractivity contribution in [2.45, 2.75) is 129 Å². The molecule has 0 bridgehead atoms. The molecule has 1 heterocycles. The minimum Gasteiger partial charge on any atom is -0.495 e. The van der Waals surface area contributed by atoms with Gasteiger partial charge in [0.15, 0.2) is 0 Å². The molecule has 4 saturated carbocycles. The van der Waals surface area contributed by atoms with Gasteiger partial charge >= 0.3 is 17.1 Å². The molecular formula is C27H48O5Si2. The highest BCUT2D eigenvalue weighted by Crippen LogP contribution is 2.70. The Kier molecular flexibility index (Phi) is 6.09. The molecule has 1 saturated heterocycles. The predicted octanol–water partition coefficient (Wildman–Crippen LogP) is 6.56. The second-order valence-electron chi connectivity index (χ2n) is 13.8. The summed E-state index contributed by atoms with van der Waals surface area (Å²) >= 11 is 0. The number of rotatable bonds is 3. The lowest BCUT2D eigenvalue weighted by molar-refractivity contribution is -0.156. The summed E-state index contributed by atoms with van der Waals surface area (Å²) in [7, 11) is -4.44. The Bertz CT molecular complexity index is 832. The largest absolute Gasteiger partial charge is 0.495 e. The fraction of sp³-hybridized carbons (Fsp3) is 0.963. The van der Waals surface area contributed by atoms with Crippen LogP contribution in [0.4, 0.5) is 0 Å². The van der Waals surface area contributed by atoms with Crippen LogP contribution in [-0.4, -0.2) is 40.9 Å². The van der Waals surface area contributed by atoms with E-state index in [0.29, 0.717) is 5.41 Å². The summed E-state index contributed by atoms with van der Waals surface area (Å²) in [6.07, 6.45) is 11.7. The van der Waals surface area contributed by atoms with E-state index in [9.17, 15) is 4.79 Å². The molecule has 5 fully saturated rings. The standard InChI is InChI=1S/C27H48O5Si2/c1-18-27(32-34(7,8)29-18)16-13-24-22-10-9-20-17-21(31-33(5,6)30-19(2)28)11-14-25(20,3)23(22)12-15-26(24,27)4/h18,20-24H,9-17H2,1-8H3/t18-,20?,21-,22?,23?,24?,25+,26+,27+/m1/s1. The highest BCUT2D eigenvalue weighted by Gasteiger charge is 2.70. The van der Waals surface area contributed by atoms with E-state index < -0.39 is 17.1 Å². The Morgan fingerprint density at radius 2 is 1.71 bits per heavy atom. The number of fused-ring (bicyclic) bond motifs is 6. The maximum Gasteiger partial charge on any atom is 0.395 e. The van der Waals surface area contributed by atoms with Crippen LogP contribution < -0.4 is 0 Å². The predicted molar refractivity (Wildman–Crippen MR) is 138 cm³/mol. The van der Waals surface area contributed by atoms with Gasteiger partial charge in [-0.15, -0.1) is 0 Å². The van der Waals surface area contributed by atoms with Gasteiger partial charge in [0.1, 0.15) is 0 Å². The first-order valence-corrected chi connectivity index (χ1v) is 19.6. The average Bonchev–Trinajstić information content (AvgIpc) is 3.13. The highest BCUT2D eigenvalue weighted by atomic mass is 28.4. The summed E-state index contributed by atoms with van der Waals surface area (Å²) in [5, 5.41) is 0. The molecule has 0 amide bonds. The molecule has 1 aliphatic heterocycles. The molecule has 5 rings (SSSR count). The fourth-order valence-electron chi connectivity index (χ4n) is 10.0. The van der Waals surface area contributed by atoms with E-state index in [4.69, 9.17) is 17.7 Å². The molecule has 9 atom stereocenters. The Hall–Kier alpha value is -0.216. The van der Waals surface area contributed by atoms with Crippen LogP contribution in [0.2, 0.25) is 26.2 Å². The Morgan fingerprint density at radius 1 is 1.00 bits per heavy atom. The van der Waals surface area contributed by atoms with Crippen molar-refractivity contribution >= 4 is 23.1 Å². The van der Waals surface area contributed by atoms with Gasteiger partial charge in [-0.05, 0) is 120 Å². The van der Waals surface area contributed by atoms with Gasteiger partial charge in [0.05, 0.1) is 11.7 Å². The lowest BCUT2D eigenvalue weighted by Crippen LogP contribution is -2.59. The van der Waals surface area contributed by atoms with Crippen LogP contribution in [0.25, 0.3) is 0 Å². The molecule has 0 N–H and O–H groups in total. The molecule has 0 aromatic carbocycles. The minimum absolute atomic E-state index is 0.0610. The smallest absolute Gasteiger partial charge is 0.395 e. The van der Waals surface area contributed by atoms with Gasteiger partial charge in [-0.3, -0.25) is 4.79 Å². The van der Waals surface area contributed by atoms with E-state index in [0.717, 1.165) is 36.5 Å². The average molecular weight is 509 g/mol. The molecule has 0 radical (unpaired) electrons. The lowest BCUT2D eigenvalue weighted by atomic mass is 9.44. The van der Waals surface area contributed by atoms with Gasteiger partial charge < -0.3 is 17.7 Å². The third-order valence-corrected chi connectivity index (χ3v) is 14.6.